The highest BCUT2D eigenvalue weighted by molar-refractivity contribution is 6.31. The largest absolute Gasteiger partial charge is 0.378 e. The topological polar surface area (TPSA) is 54.5 Å². The number of aryl methyl sites for hydroxylation is 1. The number of pyridine rings is 1. The number of carbonyl (C=O) groups is 1. The van der Waals surface area contributed by atoms with Crippen LogP contribution < -0.4 is 10.2 Å². The third-order valence-electron chi connectivity index (χ3n) is 4.77. The molecule has 144 valence electrons. The molecule has 2 aromatic carbocycles. The lowest BCUT2D eigenvalue weighted by Crippen LogP contribution is -2.36. The molecule has 0 bridgehead atoms. The van der Waals surface area contributed by atoms with Crippen LogP contribution in [0, 0.1) is 6.92 Å². The smallest absolute Gasteiger partial charge is 0.257 e. The van der Waals surface area contributed by atoms with Crippen LogP contribution >= 0.6 is 23.2 Å². The van der Waals surface area contributed by atoms with E-state index in [-0.39, 0.29) is 5.91 Å². The lowest BCUT2D eigenvalue weighted by atomic mass is 10.1. The predicted molar refractivity (Wildman–Crippen MR) is 114 cm³/mol. The maximum atomic E-state index is 13.0. The first kappa shape index (κ1) is 19.0. The maximum Gasteiger partial charge on any atom is 0.257 e. The fourth-order valence-corrected chi connectivity index (χ4v) is 3.70. The molecule has 0 unspecified atom stereocenters. The number of rotatable bonds is 3. The first-order valence-electron chi connectivity index (χ1n) is 9.02. The summed E-state index contributed by atoms with van der Waals surface area (Å²) in [6, 6.07) is 12.8. The molecule has 1 N–H and O–H groups in total. The molecule has 0 aliphatic carbocycles. The molecular weight excluding hydrogens is 397 g/mol. The van der Waals surface area contributed by atoms with Gasteiger partial charge in [-0.25, -0.2) is 0 Å². The van der Waals surface area contributed by atoms with Crippen molar-refractivity contribution in [3.05, 3.63) is 63.8 Å². The number of carbonyl (C=O) groups excluding carboxylic acids is 1. The molecule has 0 saturated carbocycles. The molecule has 1 fully saturated rings. The van der Waals surface area contributed by atoms with Gasteiger partial charge in [0.2, 0.25) is 0 Å². The summed E-state index contributed by atoms with van der Waals surface area (Å²) in [6.45, 7) is 4.66. The summed E-state index contributed by atoms with van der Waals surface area (Å²) in [5.41, 5.74) is 3.56. The first-order chi connectivity index (χ1) is 13.5. The van der Waals surface area contributed by atoms with Crippen molar-refractivity contribution in [2.45, 2.75) is 6.92 Å². The second-order valence-electron chi connectivity index (χ2n) is 6.67. The van der Waals surface area contributed by atoms with Gasteiger partial charge in [0.05, 0.1) is 41.4 Å². The minimum Gasteiger partial charge on any atom is -0.378 e. The summed E-state index contributed by atoms with van der Waals surface area (Å²) in [6.07, 6.45) is 0. The van der Waals surface area contributed by atoms with Crippen molar-refractivity contribution in [3.63, 3.8) is 0 Å². The molecule has 3 aromatic rings. The van der Waals surface area contributed by atoms with Gasteiger partial charge in [-0.05, 0) is 49.4 Å². The number of nitrogens with zero attached hydrogens (tertiary/aromatic N) is 2. The molecule has 4 rings (SSSR count). The Kier molecular flexibility index (Phi) is 5.40. The standard InChI is InChI=1S/C21H19Cl2N3O2/c1-13-17(11-14-10-15(22)2-4-18(14)24-13)21(27)25-19-12-16(23)3-5-20(19)26-6-8-28-9-7-26/h2-5,10-12H,6-9H2,1H3,(H,25,27). The molecule has 0 atom stereocenters. The molecule has 0 radical (unpaired) electrons. The van der Waals surface area contributed by atoms with Crippen molar-refractivity contribution in [3.8, 4) is 0 Å². The van der Waals surface area contributed by atoms with Gasteiger partial charge in [-0.1, -0.05) is 23.2 Å². The van der Waals surface area contributed by atoms with Gasteiger partial charge in [0, 0.05) is 28.5 Å². The van der Waals surface area contributed by atoms with Gasteiger partial charge in [0.1, 0.15) is 0 Å². The van der Waals surface area contributed by atoms with E-state index in [0.717, 1.165) is 29.7 Å². The normalized spacial score (nSPS) is 14.3. The van der Waals surface area contributed by atoms with E-state index >= 15 is 0 Å². The lowest BCUT2D eigenvalue weighted by molar-refractivity contribution is 0.102. The summed E-state index contributed by atoms with van der Waals surface area (Å²) >= 11 is 12.3. The fourth-order valence-electron chi connectivity index (χ4n) is 3.35. The molecule has 1 aliphatic rings. The number of benzene rings is 2. The molecule has 2 heterocycles. The van der Waals surface area contributed by atoms with Crippen LogP contribution in [0.4, 0.5) is 11.4 Å². The Labute approximate surface area is 173 Å². The molecule has 1 aromatic heterocycles. The Morgan fingerprint density at radius 3 is 2.57 bits per heavy atom. The highest BCUT2D eigenvalue weighted by atomic mass is 35.5. The Balaban J connectivity index is 1.67. The number of fused-ring (bicyclic) bond motifs is 1. The number of morpholine rings is 1. The van der Waals surface area contributed by atoms with Gasteiger partial charge in [-0.3, -0.25) is 9.78 Å². The Bertz CT molecular complexity index is 1050. The van der Waals surface area contributed by atoms with Crippen molar-refractivity contribution >= 4 is 51.4 Å². The average Bonchev–Trinajstić information content (AvgIpc) is 2.68. The fraction of sp³-hybridized carbons (Fsp3) is 0.238. The van der Waals surface area contributed by atoms with Crippen molar-refractivity contribution in [1.82, 2.24) is 4.98 Å². The molecule has 1 amide bonds. The van der Waals surface area contributed by atoms with Crippen LogP contribution in [0.5, 0.6) is 0 Å². The van der Waals surface area contributed by atoms with E-state index in [4.69, 9.17) is 27.9 Å². The zero-order chi connectivity index (χ0) is 19.7. The SMILES string of the molecule is Cc1nc2ccc(Cl)cc2cc1C(=O)Nc1cc(Cl)ccc1N1CCOCC1. The quantitative estimate of drug-likeness (QED) is 0.657. The predicted octanol–water partition coefficient (Wildman–Crippen LogP) is 4.94. The van der Waals surface area contributed by atoms with Gasteiger partial charge in [0.15, 0.2) is 0 Å². The summed E-state index contributed by atoms with van der Waals surface area (Å²) < 4.78 is 5.43. The zero-order valence-electron chi connectivity index (χ0n) is 15.3. The van der Waals surface area contributed by atoms with Crippen molar-refractivity contribution in [2.75, 3.05) is 36.5 Å². The third-order valence-corrected chi connectivity index (χ3v) is 5.24. The molecule has 1 aliphatic heterocycles. The summed E-state index contributed by atoms with van der Waals surface area (Å²) in [4.78, 5) is 19.8. The Hall–Kier alpha value is -2.34. The average molecular weight is 416 g/mol. The van der Waals surface area contributed by atoms with E-state index in [9.17, 15) is 4.79 Å². The van der Waals surface area contributed by atoms with Crippen LogP contribution in [0.2, 0.25) is 10.0 Å². The zero-order valence-corrected chi connectivity index (χ0v) is 16.8. The molecule has 1 saturated heterocycles. The highest BCUT2D eigenvalue weighted by Gasteiger charge is 2.18. The van der Waals surface area contributed by atoms with Crippen LogP contribution in [0.3, 0.4) is 0 Å². The lowest BCUT2D eigenvalue weighted by Gasteiger charge is -2.30. The van der Waals surface area contributed by atoms with Gasteiger partial charge in [0.25, 0.3) is 5.91 Å². The maximum absolute atomic E-state index is 13.0. The third kappa shape index (κ3) is 3.92. The Morgan fingerprint density at radius 1 is 1.07 bits per heavy atom. The number of hydrogen-bond acceptors (Lipinski definition) is 4. The molecular formula is C21H19Cl2N3O2. The van der Waals surface area contributed by atoms with E-state index in [1.807, 2.05) is 31.2 Å². The summed E-state index contributed by atoms with van der Waals surface area (Å²) in [5.74, 6) is -0.233. The highest BCUT2D eigenvalue weighted by Crippen LogP contribution is 2.31. The number of anilines is 2. The number of ether oxygens (including phenoxy) is 1. The van der Waals surface area contributed by atoms with Crippen LogP contribution in [0.15, 0.2) is 42.5 Å². The van der Waals surface area contributed by atoms with E-state index in [2.05, 4.69) is 15.2 Å². The van der Waals surface area contributed by atoms with E-state index in [0.29, 0.717) is 40.2 Å². The van der Waals surface area contributed by atoms with Crippen LogP contribution in [-0.2, 0) is 4.74 Å². The monoisotopic (exact) mass is 415 g/mol. The second-order valence-corrected chi connectivity index (χ2v) is 7.55. The molecule has 0 spiro atoms. The Morgan fingerprint density at radius 2 is 1.79 bits per heavy atom. The van der Waals surface area contributed by atoms with Crippen LogP contribution in [0.1, 0.15) is 16.1 Å². The van der Waals surface area contributed by atoms with Crippen molar-refractivity contribution in [2.24, 2.45) is 0 Å². The van der Waals surface area contributed by atoms with Crippen molar-refractivity contribution < 1.29 is 9.53 Å². The number of halogens is 2. The van der Waals surface area contributed by atoms with Gasteiger partial charge in [-0.2, -0.15) is 0 Å². The number of aromatic nitrogens is 1. The first-order valence-corrected chi connectivity index (χ1v) is 9.77. The van der Waals surface area contributed by atoms with Crippen LogP contribution in [-0.4, -0.2) is 37.2 Å². The van der Waals surface area contributed by atoms with Gasteiger partial charge >= 0.3 is 0 Å². The number of amides is 1. The molecule has 7 heteroatoms. The summed E-state index contributed by atoms with van der Waals surface area (Å²) in [7, 11) is 0. The van der Waals surface area contributed by atoms with Gasteiger partial charge < -0.3 is 15.0 Å². The van der Waals surface area contributed by atoms with E-state index in [1.54, 1.807) is 18.2 Å². The minimum atomic E-state index is -0.233. The molecule has 5 nitrogen and oxygen atoms in total. The number of nitrogens with one attached hydrogen (secondary N) is 1. The second kappa shape index (κ2) is 7.95. The number of hydrogen-bond donors (Lipinski definition) is 1. The van der Waals surface area contributed by atoms with E-state index < -0.39 is 0 Å². The summed E-state index contributed by atoms with van der Waals surface area (Å²) in [5, 5.41) is 5.00. The minimum absolute atomic E-state index is 0.233. The van der Waals surface area contributed by atoms with E-state index in [1.165, 1.54) is 0 Å². The molecule has 28 heavy (non-hydrogen) atoms. The van der Waals surface area contributed by atoms with Crippen LogP contribution in [0.25, 0.3) is 10.9 Å². The van der Waals surface area contributed by atoms with Crippen molar-refractivity contribution in [1.29, 1.82) is 0 Å². The van der Waals surface area contributed by atoms with Gasteiger partial charge in [-0.15, -0.1) is 0 Å².